The zero-order chi connectivity index (χ0) is 16.6. The van der Waals surface area contributed by atoms with E-state index in [9.17, 15) is 4.79 Å². The van der Waals surface area contributed by atoms with Gasteiger partial charge in [0.2, 0.25) is 0 Å². The first-order valence-electron chi connectivity index (χ1n) is 7.51. The van der Waals surface area contributed by atoms with Gasteiger partial charge in [-0.05, 0) is 32.4 Å². The number of benzene rings is 1. The van der Waals surface area contributed by atoms with Crippen molar-refractivity contribution >= 4 is 28.1 Å². The molecule has 0 N–H and O–H groups in total. The Bertz CT molecular complexity index is 858. The zero-order valence-corrected chi connectivity index (χ0v) is 14.5. The van der Waals surface area contributed by atoms with Crippen LogP contribution in [0, 0.1) is 13.8 Å². The molecular weight excluding hydrogens is 306 g/mol. The number of thiazole rings is 1. The fourth-order valence-corrected chi connectivity index (χ4v) is 3.41. The standard InChI is InChI=1S/C18H19N3OS/c1-11-6-5-7-14-15(8-12(2)20-17(11)14)18(22)21(4)13(3)16-9-19-10-23-16/h5-10,13H,1-4H3. The van der Waals surface area contributed by atoms with Crippen molar-refractivity contribution in [2.75, 3.05) is 7.05 Å². The van der Waals surface area contributed by atoms with Crippen LogP contribution in [-0.4, -0.2) is 27.8 Å². The van der Waals surface area contributed by atoms with Crippen LogP contribution in [0.25, 0.3) is 10.9 Å². The van der Waals surface area contributed by atoms with Crippen LogP contribution in [0.15, 0.2) is 36.0 Å². The van der Waals surface area contributed by atoms with Crippen molar-refractivity contribution in [2.24, 2.45) is 0 Å². The molecule has 0 bridgehead atoms. The van der Waals surface area contributed by atoms with Crippen molar-refractivity contribution in [3.63, 3.8) is 0 Å². The average Bonchev–Trinajstić information content (AvgIpc) is 3.07. The topological polar surface area (TPSA) is 46.1 Å². The second-order valence-electron chi connectivity index (χ2n) is 5.78. The fraction of sp³-hybridized carbons (Fsp3) is 0.278. The average molecular weight is 325 g/mol. The number of hydrogen-bond donors (Lipinski definition) is 0. The van der Waals surface area contributed by atoms with Gasteiger partial charge in [-0.15, -0.1) is 11.3 Å². The lowest BCUT2D eigenvalue weighted by Crippen LogP contribution is -2.29. The number of amides is 1. The number of nitrogens with zero attached hydrogens (tertiary/aromatic N) is 3. The molecule has 23 heavy (non-hydrogen) atoms. The molecule has 1 amide bonds. The fourth-order valence-electron chi connectivity index (χ4n) is 2.69. The largest absolute Gasteiger partial charge is 0.334 e. The molecule has 0 aliphatic heterocycles. The van der Waals surface area contributed by atoms with Crippen molar-refractivity contribution in [2.45, 2.75) is 26.8 Å². The lowest BCUT2D eigenvalue weighted by molar-refractivity contribution is 0.0746. The molecule has 0 spiro atoms. The Balaban J connectivity index is 2.06. The molecule has 3 aromatic rings. The van der Waals surface area contributed by atoms with E-state index < -0.39 is 0 Å². The van der Waals surface area contributed by atoms with E-state index in [2.05, 4.69) is 9.97 Å². The Morgan fingerprint density at radius 2 is 2.09 bits per heavy atom. The smallest absolute Gasteiger partial charge is 0.254 e. The van der Waals surface area contributed by atoms with E-state index in [1.54, 1.807) is 21.7 Å². The number of carbonyl (C=O) groups excluding carboxylic acids is 1. The quantitative estimate of drug-likeness (QED) is 0.727. The van der Waals surface area contributed by atoms with E-state index >= 15 is 0 Å². The van der Waals surface area contributed by atoms with Crippen LogP contribution in [0.4, 0.5) is 0 Å². The van der Waals surface area contributed by atoms with Gasteiger partial charge in [0.25, 0.3) is 5.91 Å². The lowest BCUT2D eigenvalue weighted by Gasteiger charge is -2.24. The first kappa shape index (κ1) is 15.6. The highest BCUT2D eigenvalue weighted by atomic mass is 32.1. The molecule has 0 aliphatic rings. The van der Waals surface area contributed by atoms with E-state index in [0.29, 0.717) is 5.56 Å². The van der Waals surface area contributed by atoms with Gasteiger partial charge in [0.1, 0.15) is 0 Å². The maximum atomic E-state index is 13.0. The summed E-state index contributed by atoms with van der Waals surface area (Å²) in [4.78, 5) is 24.6. The molecule has 2 aromatic heterocycles. The summed E-state index contributed by atoms with van der Waals surface area (Å²) in [5, 5.41) is 0.906. The van der Waals surface area contributed by atoms with E-state index in [-0.39, 0.29) is 11.9 Å². The molecule has 0 saturated carbocycles. The summed E-state index contributed by atoms with van der Waals surface area (Å²) < 4.78 is 0. The van der Waals surface area contributed by atoms with Crippen LogP contribution in [0.2, 0.25) is 0 Å². The highest BCUT2D eigenvalue weighted by molar-refractivity contribution is 7.09. The summed E-state index contributed by atoms with van der Waals surface area (Å²) in [7, 11) is 1.84. The Hall–Kier alpha value is -2.27. The highest BCUT2D eigenvalue weighted by Gasteiger charge is 2.22. The summed E-state index contributed by atoms with van der Waals surface area (Å²) in [6, 6.07) is 7.82. The molecule has 4 nitrogen and oxygen atoms in total. The molecule has 2 heterocycles. The minimum atomic E-state index is -0.0108. The summed E-state index contributed by atoms with van der Waals surface area (Å²) in [6.45, 7) is 5.97. The molecule has 1 unspecified atom stereocenters. The molecule has 0 radical (unpaired) electrons. The summed E-state index contributed by atoms with van der Waals surface area (Å²) in [5.74, 6) is 0.00648. The first-order valence-corrected chi connectivity index (χ1v) is 8.39. The van der Waals surface area contributed by atoms with Gasteiger partial charge < -0.3 is 4.90 Å². The molecule has 3 rings (SSSR count). The Labute approximate surface area is 139 Å². The summed E-state index contributed by atoms with van der Waals surface area (Å²) in [5.41, 5.74) is 5.33. The molecule has 0 saturated heterocycles. The number of aryl methyl sites for hydroxylation is 2. The number of aromatic nitrogens is 2. The van der Waals surface area contributed by atoms with Crippen LogP contribution < -0.4 is 0 Å². The van der Waals surface area contributed by atoms with Gasteiger partial charge in [0.15, 0.2) is 0 Å². The molecular formula is C18H19N3OS. The first-order chi connectivity index (χ1) is 11.0. The van der Waals surface area contributed by atoms with E-state index in [0.717, 1.165) is 27.0 Å². The van der Waals surface area contributed by atoms with Gasteiger partial charge in [-0.3, -0.25) is 14.8 Å². The van der Waals surface area contributed by atoms with Crippen LogP contribution in [0.5, 0.6) is 0 Å². The van der Waals surface area contributed by atoms with Crippen molar-refractivity contribution < 1.29 is 4.79 Å². The zero-order valence-electron chi connectivity index (χ0n) is 13.7. The SMILES string of the molecule is Cc1cc(C(=O)N(C)C(C)c2cncs2)c2cccc(C)c2n1. The predicted octanol–water partition coefficient (Wildman–Crippen LogP) is 4.14. The maximum absolute atomic E-state index is 13.0. The highest BCUT2D eigenvalue weighted by Crippen LogP contribution is 2.27. The Morgan fingerprint density at radius 3 is 2.78 bits per heavy atom. The normalized spacial score (nSPS) is 12.3. The number of fused-ring (bicyclic) bond motifs is 1. The van der Waals surface area contributed by atoms with Gasteiger partial charge >= 0.3 is 0 Å². The van der Waals surface area contributed by atoms with Crippen molar-refractivity contribution in [3.8, 4) is 0 Å². The number of pyridine rings is 1. The molecule has 5 heteroatoms. The maximum Gasteiger partial charge on any atom is 0.254 e. The number of carbonyl (C=O) groups is 1. The van der Waals surface area contributed by atoms with Crippen LogP contribution in [-0.2, 0) is 0 Å². The van der Waals surface area contributed by atoms with Gasteiger partial charge in [-0.25, -0.2) is 0 Å². The molecule has 118 valence electrons. The van der Waals surface area contributed by atoms with Gasteiger partial charge in [-0.1, -0.05) is 18.2 Å². The Kier molecular flexibility index (Phi) is 4.13. The van der Waals surface area contributed by atoms with Gasteiger partial charge in [0, 0.05) is 29.2 Å². The predicted molar refractivity (Wildman–Crippen MR) is 93.8 cm³/mol. The van der Waals surface area contributed by atoms with Gasteiger partial charge in [0.05, 0.1) is 22.6 Å². The third-order valence-corrected chi connectivity index (χ3v) is 5.11. The van der Waals surface area contributed by atoms with Crippen molar-refractivity contribution in [1.82, 2.24) is 14.9 Å². The van der Waals surface area contributed by atoms with Crippen LogP contribution in [0.3, 0.4) is 0 Å². The lowest BCUT2D eigenvalue weighted by atomic mass is 10.0. The number of hydrogen-bond acceptors (Lipinski definition) is 4. The van der Waals surface area contributed by atoms with Crippen LogP contribution >= 0.6 is 11.3 Å². The summed E-state index contributed by atoms with van der Waals surface area (Å²) >= 11 is 1.56. The van der Waals surface area contributed by atoms with E-state index in [4.69, 9.17) is 0 Å². The second-order valence-corrected chi connectivity index (χ2v) is 6.70. The van der Waals surface area contributed by atoms with E-state index in [1.165, 1.54) is 0 Å². The third-order valence-electron chi connectivity index (χ3n) is 4.16. The third kappa shape index (κ3) is 2.84. The molecule has 1 atom stereocenters. The number of rotatable bonds is 3. The number of para-hydroxylation sites is 1. The van der Waals surface area contributed by atoms with Crippen LogP contribution in [0.1, 0.15) is 39.5 Å². The van der Waals surface area contributed by atoms with Crippen molar-refractivity contribution in [1.29, 1.82) is 0 Å². The van der Waals surface area contributed by atoms with Crippen molar-refractivity contribution in [3.05, 3.63) is 57.7 Å². The molecule has 0 aliphatic carbocycles. The second kappa shape index (κ2) is 6.08. The van der Waals surface area contributed by atoms with Gasteiger partial charge in [-0.2, -0.15) is 0 Å². The monoisotopic (exact) mass is 325 g/mol. The minimum absolute atomic E-state index is 0.00648. The summed E-state index contributed by atoms with van der Waals surface area (Å²) in [6.07, 6.45) is 1.82. The minimum Gasteiger partial charge on any atom is -0.334 e. The molecule has 1 aromatic carbocycles. The molecule has 0 fully saturated rings. The Morgan fingerprint density at radius 1 is 1.30 bits per heavy atom. The van der Waals surface area contributed by atoms with E-state index in [1.807, 2.05) is 58.3 Å².